The molecule has 2 rings (SSSR count). The van der Waals surface area contributed by atoms with Crippen molar-refractivity contribution in [2.24, 2.45) is 5.92 Å². The summed E-state index contributed by atoms with van der Waals surface area (Å²) < 4.78 is 29.1. The maximum atomic E-state index is 12.4. The van der Waals surface area contributed by atoms with Crippen LogP contribution in [0, 0.1) is 5.92 Å². The molecule has 1 amide bonds. The van der Waals surface area contributed by atoms with Crippen LogP contribution in [-0.4, -0.2) is 30.3 Å². The molecule has 1 saturated carbocycles. The minimum Gasteiger partial charge on any atom is -0.434 e. The molecule has 1 aromatic rings. The van der Waals surface area contributed by atoms with E-state index >= 15 is 0 Å². The van der Waals surface area contributed by atoms with Crippen molar-refractivity contribution in [2.75, 3.05) is 6.54 Å². The van der Waals surface area contributed by atoms with Crippen LogP contribution < -0.4 is 10.1 Å². The summed E-state index contributed by atoms with van der Waals surface area (Å²) in [4.78, 5) is 12.2. The predicted octanol–water partition coefficient (Wildman–Crippen LogP) is 3.22. The van der Waals surface area contributed by atoms with E-state index in [2.05, 4.69) is 10.1 Å². The van der Waals surface area contributed by atoms with E-state index in [0.29, 0.717) is 13.0 Å². The predicted molar refractivity (Wildman–Crippen MR) is 78.4 cm³/mol. The molecule has 1 fully saturated rings. The highest BCUT2D eigenvalue weighted by Gasteiger charge is 2.22. The van der Waals surface area contributed by atoms with Crippen LogP contribution in [0.5, 0.6) is 5.75 Å². The van der Waals surface area contributed by atoms with Crippen LogP contribution >= 0.6 is 11.6 Å². The lowest BCUT2D eigenvalue weighted by atomic mass is 9.87. The molecular formula is C15H18ClF2NO3. The first-order chi connectivity index (χ1) is 10.5. The van der Waals surface area contributed by atoms with Crippen molar-refractivity contribution in [1.82, 2.24) is 5.32 Å². The average molecular weight is 334 g/mol. The van der Waals surface area contributed by atoms with E-state index in [9.17, 15) is 18.7 Å². The second-order valence-corrected chi connectivity index (χ2v) is 5.85. The summed E-state index contributed by atoms with van der Waals surface area (Å²) in [7, 11) is 0. The summed E-state index contributed by atoms with van der Waals surface area (Å²) in [5.41, 5.74) is -0.0239. The maximum absolute atomic E-state index is 12.4. The molecule has 0 heterocycles. The highest BCUT2D eigenvalue weighted by Crippen LogP contribution is 2.26. The number of rotatable bonds is 5. The van der Waals surface area contributed by atoms with Gasteiger partial charge in [-0.2, -0.15) is 8.78 Å². The number of carbonyl (C=O) groups is 1. The number of ether oxygens (including phenoxy) is 1. The standard InChI is InChI=1S/C15H18ClF2NO3/c16-10-4-5-13(22-15(17)18)12(7-10)14(21)19-8-9-2-1-3-11(20)6-9/h4-5,7,9,11,15,20H,1-3,6,8H2,(H,19,21). The first kappa shape index (κ1) is 17.0. The Bertz CT molecular complexity index is 528. The van der Waals surface area contributed by atoms with E-state index < -0.39 is 12.5 Å². The molecule has 2 unspecified atom stereocenters. The van der Waals surface area contributed by atoms with Crippen LogP contribution in [-0.2, 0) is 0 Å². The Kier molecular flexibility index (Phi) is 5.97. The lowest BCUT2D eigenvalue weighted by molar-refractivity contribution is -0.0501. The van der Waals surface area contributed by atoms with E-state index in [4.69, 9.17) is 11.6 Å². The average Bonchev–Trinajstić information content (AvgIpc) is 2.46. The van der Waals surface area contributed by atoms with Crippen LogP contribution in [0.2, 0.25) is 5.02 Å². The summed E-state index contributed by atoms with van der Waals surface area (Å²) in [6.45, 7) is -2.63. The summed E-state index contributed by atoms with van der Waals surface area (Å²) in [6.07, 6.45) is 2.92. The zero-order valence-corrected chi connectivity index (χ0v) is 12.7. The largest absolute Gasteiger partial charge is 0.434 e. The molecule has 0 aliphatic heterocycles. The van der Waals surface area contributed by atoms with Gasteiger partial charge >= 0.3 is 6.61 Å². The molecule has 2 N–H and O–H groups in total. The second kappa shape index (κ2) is 7.74. The summed E-state index contributed by atoms with van der Waals surface area (Å²) >= 11 is 5.81. The number of hydrogen-bond acceptors (Lipinski definition) is 3. The topological polar surface area (TPSA) is 58.6 Å². The first-order valence-electron chi connectivity index (χ1n) is 7.16. The van der Waals surface area contributed by atoms with Gasteiger partial charge in [-0.15, -0.1) is 0 Å². The molecule has 2 atom stereocenters. The van der Waals surface area contributed by atoms with Crippen LogP contribution in [0.1, 0.15) is 36.0 Å². The zero-order chi connectivity index (χ0) is 16.1. The summed E-state index contributed by atoms with van der Waals surface area (Å²) in [5, 5.41) is 12.6. The minimum atomic E-state index is -3.01. The molecule has 0 aromatic heterocycles. The molecule has 0 saturated heterocycles. The van der Waals surface area contributed by atoms with Crippen molar-refractivity contribution >= 4 is 17.5 Å². The summed E-state index contributed by atoms with van der Waals surface area (Å²) in [5.74, 6) is -0.537. The van der Waals surface area contributed by atoms with Crippen LogP contribution in [0.3, 0.4) is 0 Å². The van der Waals surface area contributed by atoms with Crippen molar-refractivity contribution < 1.29 is 23.4 Å². The monoisotopic (exact) mass is 333 g/mol. The van der Waals surface area contributed by atoms with Gasteiger partial charge in [0.05, 0.1) is 11.7 Å². The fourth-order valence-corrected chi connectivity index (χ4v) is 2.83. The Morgan fingerprint density at radius 1 is 1.45 bits per heavy atom. The minimum absolute atomic E-state index is 0.0239. The highest BCUT2D eigenvalue weighted by atomic mass is 35.5. The zero-order valence-electron chi connectivity index (χ0n) is 11.9. The Balaban J connectivity index is 2.00. The van der Waals surface area contributed by atoms with Crippen molar-refractivity contribution in [3.63, 3.8) is 0 Å². The molecular weight excluding hydrogens is 316 g/mol. The number of benzene rings is 1. The van der Waals surface area contributed by atoms with Gasteiger partial charge in [0.15, 0.2) is 0 Å². The van der Waals surface area contributed by atoms with Gasteiger partial charge in [-0.25, -0.2) is 0 Å². The number of aliphatic hydroxyl groups is 1. The van der Waals surface area contributed by atoms with E-state index in [1.54, 1.807) is 0 Å². The number of alkyl halides is 2. The number of hydrogen-bond donors (Lipinski definition) is 2. The smallest absolute Gasteiger partial charge is 0.387 e. The van der Waals surface area contributed by atoms with E-state index in [-0.39, 0.29) is 28.4 Å². The van der Waals surface area contributed by atoms with Crippen molar-refractivity contribution in [3.05, 3.63) is 28.8 Å². The third-order valence-corrected chi connectivity index (χ3v) is 3.94. The van der Waals surface area contributed by atoms with E-state index in [0.717, 1.165) is 19.3 Å². The van der Waals surface area contributed by atoms with Gasteiger partial charge in [0, 0.05) is 11.6 Å². The maximum Gasteiger partial charge on any atom is 0.387 e. The molecule has 7 heteroatoms. The van der Waals surface area contributed by atoms with Crippen LogP contribution in [0.25, 0.3) is 0 Å². The van der Waals surface area contributed by atoms with Crippen molar-refractivity contribution in [1.29, 1.82) is 0 Å². The van der Waals surface area contributed by atoms with Crippen LogP contribution in [0.4, 0.5) is 8.78 Å². The highest BCUT2D eigenvalue weighted by molar-refractivity contribution is 6.31. The van der Waals surface area contributed by atoms with Gasteiger partial charge in [-0.05, 0) is 43.4 Å². The fourth-order valence-electron chi connectivity index (χ4n) is 2.66. The third-order valence-electron chi connectivity index (χ3n) is 3.71. The quantitative estimate of drug-likeness (QED) is 0.869. The number of amides is 1. The third kappa shape index (κ3) is 4.81. The van der Waals surface area contributed by atoms with Gasteiger partial charge in [-0.3, -0.25) is 4.79 Å². The fraction of sp³-hybridized carbons (Fsp3) is 0.533. The van der Waals surface area contributed by atoms with Gasteiger partial charge in [0.2, 0.25) is 0 Å². The molecule has 1 aromatic carbocycles. The lowest BCUT2D eigenvalue weighted by Gasteiger charge is -2.26. The second-order valence-electron chi connectivity index (χ2n) is 5.42. The molecule has 22 heavy (non-hydrogen) atoms. The number of carbonyl (C=O) groups excluding carboxylic acids is 1. The summed E-state index contributed by atoms with van der Waals surface area (Å²) in [6, 6.07) is 3.92. The molecule has 0 bridgehead atoms. The molecule has 0 spiro atoms. The van der Waals surface area contributed by atoms with E-state index in [1.807, 2.05) is 0 Å². The SMILES string of the molecule is O=C(NCC1CCCC(O)C1)c1cc(Cl)ccc1OC(F)F. The van der Waals surface area contributed by atoms with Gasteiger partial charge in [0.25, 0.3) is 5.91 Å². The van der Waals surface area contributed by atoms with Crippen molar-refractivity contribution in [3.8, 4) is 5.75 Å². The normalized spacial score (nSPS) is 21.7. The molecule has 122 valence electrons. The Labute approximate surface area is 132 Å². The van der Waals surface area contributed by atoms with E-state index in [1.165, 1.54) is 18.2 Å². The van der Waals surface area contributed by atoms with Gasteiger partial charge in [0.1, 0.15) is 5.75 Å². The number of halogens is 3. The molecule has 1 aliphatic carbocycles. The first-order valence-corrected chi connectivity index (χ1v) is 7.54. The number of aliphatic hydroxyl groups excluding tert-OH is 1. The Morgan fingerprint density at radius 3 is 2.91 bits per heavy atom. The Morgan fingerprint density at radius 2 is 2.23 bits per heavy atom. The molecule has 1 aliphatic rings. The van der Waals surface area contributed by atoms with Crippen LogP contribution in [0.15, 0.2) is 18.2 Å². The number of nitrogens with one attached hydrogen (secondary N) is 1. The van der Waals surface area contributed by atoms with Crippen molar-refractivity contribution in [2.45, 2.75) is 38.4 Å². The molecule has 0 radical (unpaired) electrons. The van der Waals surface area contributed by atoms with Gasteiger partial charge in [-0.1, -0.05) is 18.0 Å². The lowest BCUT2D eigenvalue weighted by Crippen LogP contribution is -2.33. The Hall–Kier alpha value is -1.40. The molecule has 4 nitrogen and oxygen atoms in total. The van der Waals surface area contributed by atoms with Gasteiger partial charge < -0.3 is 15.2 Å².